The van der Waals surface area contributed by atoms with Crippen LogP contribution in [0.25, 0.3) is 0 Å². The summed E-state index contributed by atoms with van der Waals surface area (Å²) in [7, 11) is 0. The van der Waals surface area contributed by atoms with Crippen LogP contribution in [0.3, 0.4) is 0 Å². The van der Waals surface area contributed by atoms with E-state index in [2.05, 4.69) is 17.2 Å². The zero-order valence-electron chi connectivity index (χ0n) is 7.99. The number of rotatable bonds is 6. The van der Waals surface area contributed by atoms with E-state index in [1.165, 1.54) is 0 Å². The van der Waals surface area contributed by atoms with Crippen molar-refractivity contribution >= 4 is 11.3 Å². The van der Waals surface area contributed by atoms with Gasteiger partial charge in [-0.1, -0.05) is 0 Å². The van der Waals surface area contributed by atoms with Gasteiger partial charge in [0.25, 0.3) is 0 Å². The minimum Gasteiger partial charge on any atom is -0.330 e. The van der Waals surface area contributed by atoms with E-state index in [1.54, 1.807) is 11.3 Å². The lowest BCUT2D eigenvalue weighted by Crippen LogP contribution is -2.20. The number of nitrogens with one attached hydrogen (secondary N) is 1. The van der Waals surface area contributed by atoms with Crippen molar-refractivity contribution in [2.24, 2.45) is 5.73 Å². The molecule has 3 nitrogen and oxygen atoms in total. The summed E-state index contributed by atoms with van der Waals surface area (Å²) >= 11 is 1.70. The van der Waals surface area contributed by atoms with Crippen molar-refractivity contribution < 1.29 is 0 Å². The number of thiazole rings is 1. The fourth-order valence-corrected chi connectivity index (χ4v) is 1.79. The Balaban J connectivity index is 2.15. The largest absolute Gasteiger partial charge is 0.330 e. The molecule has 0 saturated carbocycles. The smallest absolute Gasteiger partial charge is 0.109 e. The second kappa shape index (κ2) is 6.07. The predicted molar refractivity (Wildman–Crippen MR) is 56.8 cm³/mol. The summed E-state index contributed by atoms with van der Waals surface area (Å²) in [4.78, 5) is 4.25. The molecule has 0 saturated heterocycles. The lowest BCUT2D eigenvalue weighted by molar-refractivity contribution is 0.547. The average molecular weight is 199 g/mol. The second-order valence-electron chi connectivity index (χ2n) is 3.04. The normalized spacial score (nSPS) is 13.1. The van der Waals surface area contributed by atoms with Crippen molar-refractivity contribution in [2.75, 3.05) is 13.1 Å². The van der Waals surface area contributed by atoms with Crippen LogP contribution in [0.5, 0.6) is 0 Å². The molecule has 1 aromatic rings. The molecular weight excluding hydrogens is 182 g/mol. The van der Waals surface area contributed by atoms with Crippen LogP contribution in [0.2, 0.25) is 0 Å². The van der Waals surface area contributed by atoms with Crippen LogP contribution in [0.15, 0.2) is 11.6 Å². The van der Waals surface area contributed by atoms with Crippen LogP contribution in [0.1, 0.15) is 30.8 Å². The molecule has 0 bridgehead atoms. The Labute approximate surface area is 83.4 Å². The molecule has 0 radical (unpaired) electrons. The maximum atomic E-state index is 5.40. The molecule has 0 fully saturated rings. The van der Waals surface area contributed by atoms with Gasteiger partial charge in [-0.25, -0.2) is 4.98 Å². The highest BCUT2D eigenvalue weighted by Gasteiger charge is 2.05. The lowest BCUT2D eigenvalue weighted by atomic mass is 10.3. The molecule has 1 unspecified atom stereocenters. The van der Waals surface area contributed by atoms with E-state index in [9.17, 15) is 0 Å². The SMILES string of the molecule is CC(NCCCCN)c1nccs1. The average Bonchev–Trinajstić information content (AvgIpc) is 2.65. The Kier molecular flexibility index (Phi) is 4.97. The van der Waals surface area contributed by atoms with Gasteiger partial charge in [-0.2, -0.15) is 0 Å². The van der Waals surface area contributed by atoms with Crippen molar-refractivity contribution in [3.05, 3.63) is 16.6 Å². The summed E-state index contributed by atoms with van der Waals surface area (Å²) in [5.74, 6) is 0. The van der Waals surface area contributed by atoms with Crippen LogP contribution < -0.4 is 11.1 Å². The number of unbranched alkanes of at least 4 members (excludes halogenated alkanes) is 1. The molecule has 0 aliphatic rings. The molecule has 0 aliphatic heterocycles. The zero-order valence-corrected chi connectivity index (χ0v) is 8.81. The summed E-state index contributed by atoms with van der Waals surface area (Å²) in [6, 6.07) is 0.373. The zero-order chi connectivity index (χ0) is 9.52. The van der Waals surface area contributed by atoms with Crippen molar-refractivity contribution in [3.63, 3.8) is 0 Å². The molecule has 0 spiro atoms. The maximum Gasteiger partial charge on any atom is 0.109 e. The molecular formula is C9H17N3S. The third-order valence-electron chi connectivity index (χ3n) is 1.90. The van der Waals surface area contributed by atoms with Gasteiger partial charge >= 0.3 is 0 Å². The summed E-state index contributed by atoms with van der Waals surface area (Å²) in [5, 5.41) is 6.58. The first-order valence-corrected chi connectivity index (χ1v) is 5.55. The van der Waals surface area contributed by atoms with Crippen LogP contribution in [-0.4, -0.2) is 18.1 Å². The van der Waals surface area contributed by atoms with Gasteiger partial charge < -0.3 is 11.1 Å². The molecule has 4 heteroatoms. The van der Waals surface area contributed by atoms with Crippen LogP contribution >= 0.6 is 11.3 Å². The minimum absolute atomic E-state index is 0.373. The van der Waals surface area contributed by atoms with Crippen molar-refractivity contribution in [1.29, 1.82) is 0 Å². The first-order chi connectivity index (χ1) is 6.34. The van der Waals surface area contributed by atoms with Gasteiger partial charge in [-0.05, 0) is 32.9 Å². The summed E-state index contributed by atoms with van der Waals surface area (Å²) in [5.41, 5.74) is 5.40. The topological polar surface area (TPSA) is 50.9 Å². The van der Waals surface area contributed by atoms with Gasteiger partial charge in [0.1, 0.15) is 5.01 Å². The minimum atomic E-state index is 0.373. The van der Waals surface area contributed by atoms with Crippen molar-refractivity contribution in [1.82, 2.24) is 10.3 Å². The van der Waals surface area contributed by atoms with E-state index in [4.69, 9.17) is 5.73 Å². The van der Waals surface area contributed by atoms with E-state index in [-0.39, 0.29) is 0 Å². The molecule has 74 valence electrons. The van der Waals surface area contributed by atoms with Crippen LogP contribution in [-0.2, 0) is 0 Å². The maximum absolute atomic E-state index is 5.40. The Morgan fingerprint density at radius 1 is 1.62 bits per heavy atom. The molecule has 0 aliphatic carbocycles. The third-order valence-corrected chi connectivity index (χ3v) is 2.86. The fraction of sp³-hybridized carbons (Fsp3) is 0.667. The Bertz CT molecular complexity index is 211. The van der Waals surface area contributed by atoms with E-state index in [0.717, 1.165) is 30.9 Å². The standard InChI is InChI=1S/C9H17N3S/c1-8(9-12-6-7-13-9)11-5-3-2-4-10/h6-8,11H,2-5,10H2,1H3. The van der Waals surface area contributed by atoms with Gasteiger partial charge in [0.2, 0.25) is 0 Å². The number of hydrogen-bond donors (Lipinski definition) is 2. The lowest BCUT2D eigenvalue weighted by Gasteiger charge is -2.09. The number of hydrogen-bond acceptors (Lipinski definition) is 4. The van der Waals surface area contributed by atoms with Crippen LogP contribution in [0, 0.1) is 0 Å². The molecule has 1 heterocycles. The molecule has 1 aromatic heterocycles. The summed E-state index contributed by atoms with van der Waals surface area (Å²) in [6.45, 7) is 3.95. The third kappa shape index (κ3) is 3.85. The quantitative estimate of drug-likeness (QED) is 0.683. The predicted octanol–water partition coefficient (Wildman–Crippen LogP) is 1.53. The molecule has 1 atom stereocenters. The van der Waals surface area contributed by atoms with Crippen molar-refractivity contribution in [2.45, 2.75) is 25.8 Å². The highest BCUT2D eigenvalue weighted by atomic mass is 32.1. The first kappa shape index (κ1) is 10.6. The number of aromatic nitrogens is 1. The fourth-order valence-electron chi connectivity index (χ4n) is 1.12. The molecule has 1 rings (SSSR count). The first-order valence-electron chi connectivity index (χ1n) is 4.67. The van der Waals surface area contributed by atoms with E-state index >= 15 is 0 Å². The highest BCUT2D eigenvalue weighted by Crippen LogP contribution is 2.14. The Morgan fingerprint density at radius 3 is 3.08 bits per heavy atom. The Morgan fingerprint density at radius 2 is 2.46 bits per heavy atom. The van der Waals surface area contributed by atoms with Gasteiger partial charge in [0, 0.05) is 11.6 Å². The molecule has 13 heavy (non-hydrogen) atoms. The van der Waals surface area contributed by atoms with E-state index in [1.807, 2.05) is 11.6 Å². The molecule has 0 aromatic carbocycles. The van der Waals surface area contributed by atoms with Crippen LogP contribution in [0.4, 0.5) is 0 Å². The number of nitrogens with zero attached hydrogens (tertiary/aromatic N) is 1. The summed E-state index contributed by atoms with van der Waals surface area (Å²) < 4.78 is 0. The van der Waals surface area contributed by atoms with Gasteiger partial charge in [-0.3, -0.25) is 0 Å². The van der Waals surface area contributed by atoms with Gasteiger partial charge in [-0.15, -0.1) is 11.3 Å². The highest BCUT2D eigenvalue weighted by molar-refractivity contribution is 7.09. The molecule has 3 N–H and O–H groups in total. The number of nitrogens with two attached hydrogens (primary N) is 1. The summed E-state index contributed by atoms with van der Waals surface area (Å²) in [6.07, 6.45) is 4.09. The second-order valence-corrected chi connectivity index (χ2v) is 3.97. The van der Waals surface area contributed by atoms with E-state index < -0.39 is 0 Å². The molecule has 0 amide bonds. The van der Waals surface area contributed by atoms with Gasteiger partial charge in [0.05, 0.1) is 6.04 Å². The Hall–Kier alpha value is -0.450. The van der Waals surface area contributed by atoms with Gasteiger partial charge in [0.15, 0.2) is 0 Å². The van der Waals surface area contributed by atoms with Crippen molar-refractivity contribution in [3.8, 4) is 0 Å². The monoisotopic (exact) mass is 199 g/mol. The van der Waals surface area contributed by atoms with E-state index in [0.29, 0.717) is 6.04 Å².